The molecule has 1 heterocycles. The van der Waals surface area contributed by atoms with Gasteiger partial charge in [-0.25, -0.2) is 0 Å². The average molecular weight is 229 g/mol. The van der Waals surface area contributed by atoms with Gasteiger partial charge in [0.1, 0.15) is 0 Å². The second-order valence-electron chi connectivity index (χ2n) is 4.00. The van der Waals surface area contributed by atoms with Crippen molar-refractivity contribution in [2.24, 2.45) is 0 Å². The third-order valence-electron chi connectivity index (χ3n) is 2.81. The lowest BCUT2D eigenvalue weighted by molar-refractivity contribution is 0.403. The molecule has 0 unspecified atom stereocenters. The molecular formula is C14H15NO2. The third-order valence-corrected chi connectivity index (χ3v) is 2.81. The Bertz CT molecular complexity index is 582. The van der Waals surface area contributed by atoms with Crippen LogP contribution in [0.3, 0.4) is 0 Å². The SMILES string of the molecule is COc1c(C)n(-c2ccc(C)cc2)ccc1=O. The van der Waals surface area contributed by atoms with Gasteiger partial charge in [0, 0.05) is 18.0 Å². The molecule has 0 N–H and O–H groups in total. The topological polar surface area (TPSA) is 31.2 Å². The maximum atomic E-state index is 11.6. The van der Waals surface area contributed by atoms with Crippen LogP contribution in [0.15, 0.2) is 41.3 Å². The first kappa shape index (κ1) is 11.5. The minimum Gasteiger partial charge on any atom is -0.491 e. The molecule has 0 radical (unpaired) electrons. The smallest absolute Gasteiger partial charge is 0.223 e. The van der Waals surface area contributed by atoms with Crippen LogP contribution < -0.4 is 10.2 Å². The van der Waals surface area contributed by atoms with Gasteiger partial charge in [-0.1, -0.05) is 17.7 Å². The van der Waals surface area contributed by atoms with Crippen LogP contribution in [0, 0.1) is 13.8 Å². The number of ether oxygens (including phenoxy) is 1. The molecule has 0 saturated heterocycles. The summed E-state index contributed by atoms with van der Waals surface area (Å²) in [5.41, 5.74) is 2.95. The second kappa shape index (κ2) is 4.45. The van der Waals surface area contributed by atoms with Crippen LogP contribution in [0.4, 0.5) is 0 Å². The van der Waals surface area contributed by atoms with Crippen LogP contribution in [0.25, 0.3) is 5.69 Å². The molecule has 0 fully saturated rings. The maximum Gasteiger partial charge on any atom is 0.223 e. The first-order valence-corrected chi connectivity index (χ1v) is 5.47. The highest BCUT2D eigenvalue weighted by molar-refractivity contribution is 5.40. The van der Waals surface area contributed by atoms with Crippen molar-refractivity contribution >= 4 is 0 Å². The van der Waals surface area contributed by atoms with E-state index in [0.717, 1.165) is 11.4 Å². The molecule has 0 amide bonds. The predicted molar refractivity (Wildman–Crippen MR) is 68.1 cm³/mol. The summed E-state index contributed by atoms with van der Waals surface area (Å²) in [6, 6.07) is 9.64. The lowest BCUT2D eigenvalue weighted by atomic mass is 10.2. The fraction of sp³-hybridized carbons (Fsp3) is 0.214. The van der Waals surface area contributed by atoms with Crippen LogP contribution in [0.1, 0.15) is 11.3 Å². The number of aromatic nitrogens is 1. The number of nitrogens with zero attached hydrogens (tertiary/aromatic N) is 1. The number of methoxy groups -OCH3 is 1. The van der Waals surface area contributed by atoms with E-state index < -0.39 is 0 Å². The average Bonchev–Trinajstić information content (AvgIpc) is 2.31. The van der Waals surface area contributed by atoms with Gasteiger partial charge in [-0.15, -0.1) is 0 Å². The molecule has 0 bridgehead atoms. The van der Waals surface area contributed by atoms with E-state index in [1.165, 1.54) is 18.7 Å². The fourth-order valence-corrected chi connectivity index (χ4v) is 1.85. The van der Waals surface area contributed by atoms with Crippen LogP contribution in [-0.4, -0.2) is 11.7 Å². The summed E-state index contributed by atoms with van der Waals surface area (Å²) in [6.45, 7) is 3.92. The molecule has 17 heavy (non-hydrogen) atoms. The van der Waals surface area contributed by atoms with Gasteiger partial charge >= 0.3 is 0 Å². The standard InChI is InChI=1S/C14H15NO2/c1-10-4-6-12(7-5-10)15-9-8-13(16)14(17-3)11(15)2/h4-9H,1-3H3. The molecule has 0 aliphatic carbocycles. The Kier molecular flexibility index (Phi) is 3.00. The molecule has 0 saturated carbocycles. The van der Waals surface area contributed by atoms with Crippen molar-refractivity contribution in [2.45, 2.75) is 13.8 Å². The van der Waals surface area contributed by atoms with Crippen LogP contribution in [-0.2, 0) is 0 Å². The van der Waals surface area contributed by atoms with Crippen molar-refractivity contribution in [3.05, 3.63) is 58.0 Å². The summed E-state index contributed by atoms with van der Waals surface area (Å²) in [4.78, 5) is 11.6. The van der Waals surface area contributed by atoms with E-state index in [1.807, 2.05) is 42.7 Å². The molecule has 3 heteroatoms. The molecule has 2 aromatic rings. The van der Waals surface area contributed by atoms with Gasteiger partial charge in [-0.2, -0.15) is 0 Å². The first-order valence-electron chi connectivity index (χ1n) is 5.47. The Hall–Kier alpha value is -2.03. The van der Waals surface area contributed by atoms with Gasteiger partial charge in [-0.05, 0) is 26.0 Å². The minimum absolute atomic E-state index is 0.0895. The summed E-state index contributed by atoms with van der Waals surface area (Å²) in [7, 11) is 1.52. The normalized spacial score (nSPS) is 10.3. The van der Waals surface area contributed by atoms with Crippen molar-refractivity contribution in [1.82, 2.24) is 4.57 Å². The largest absolute Gasteiger partial charge is 0.491 e. The van der Waals surface area contributed by atoms with E-state index in [1.54, 1.807) is 6.20 Å². The Balaban J connectivity index is 2.60. The van der Waals surface area contributed by atoms with Gasteiger partial charge < -0.3 is 9.30 Å². The number of pyridine rings is 1. The molecule has 3 nitrogen and oxygen atoms in total. The molecule has 1 aromatic carbocycles. The lowest BCUT2D eigenvalue weighted by Gasteiger charge is -2.13. The quantitative estimate of drug-likeness (QED) is 0.792. The summed E-state index contributed by atoms with van der Waals surface area (Å²) >= 11 is 0. The van der Waals surface area contributed by atoms with E-state index in [4.69, 9.17) is 4.74 Å². The summed E-state index contributed by atoms with van der Waals surface area (Å²) < 4.78 is 7.07. The zero-order valence-corrected chi connectivity index (χ0v) is 10.2. The number of hydrogen-bond acceptors (Lipinski definition) is 2. The van der Waals surface area contributed by atoms with E-state index in [9.17, 15) is 4.79 Å². The number of rotatable bonds is 2. The molecule has 0 spiro atoms. The highest BCUT2D eigenvalue weighted by Crippen LogP contribution is 2.17. The Morgan fingerprint density at radius 2 is 1.71 bits per heavy atom. The first-order chi connectivity index (χ1) is 8.13. The highest BCUT2D eigenvalue weighted by Gasteiger charge is 2.07. The van der Waals surface area contributed by atoms with Crippen molar-refractivity contribution in [3.63, 3.8) is 0 Å². The van der Waals surface area contributed by atoms with Gasteiger partial charge in [0.25, 0.3) is 0 Å². The third kappa shape index (κ3) is 2.09. The Morgan fingerprint density at radius 3 is 2.29 bits per heavy atom. The van der Waals surface area contributed by atoms with Gasteiger partial charge in [0.2, 0.25) is 5.43 Å². The highest BCUT2D eigenvalue weighted by atomic mass is 16.5. The lowest BCUT2D eigenvalue weighted by Crippen LogP contribution is -2.12. The zero-order chi connectivity index (χ0) is 12.4. The van der Waals surface area contributed by atoms with E-state index in [0.29, 0.717) is 5.75 Å². The van der Waals surface area contributed by atoms with Crippen molar-refractivity contribution in [3.8, 4) is 11.4 Å². The van der Waals surface area contributed by atoms with Gasteiger partial charge in [-0.3, -0.25) is 4.79 Å². The van der Waals surface area contributed by atoms with E-state index >= 15 is 0 Å². The number of benzene rings is 1. The predicted octanol–water partition coefficient (Wildman–Crippen LogP) is 2.46. The van der Waals surface area contributed by atoms with Crippen molar-refractivity contribution in [2.75, 3.05) is 7.11 Å². The maximum absolute atomic E-state index is 11.6. The second-order valence-corrected chi connectivity index (χ2v) is 4.00. The van der Waals surface area contributed by atoms with Gasteiger partial charge in [0.05, 0.1) is 12.8 Å². The van der Waals surface area contributed by atoms with Gasteiger partial charge in [0.15, 0.2) is 5.75 Å². The van der Waals surface area contributed by atoms with Crippen LogP contribution in [0.2, 0.25) is 0 Å². The summed E-state index contributed by atoms with van der Waals surface area (Å²) in [5.74, 6) is 0.396. The number of hydrogen-bond donors (Lipinski definition) is 0. The van der Waals surface area contributed by atoms with E-state index in [-0.39, 0.29) is 5.43 Å². The monoisotopic (exact) mass is 229 g/mol. The van der Waals surface area contributed by atoms with E-state index in [2.05, 4.69) is 0 Å². The molecule has 88 valence electrons. The summed E-state index contributed by atoms with van der Waals surface area (Å²) in [6.07, 6.45) is 1.77. The van der Waals surface area contributed by atoms with Crippen molar-refractivity contribution in [1.29, 1.82) is 0 Å². The minimum atomic E-state index is -0.0895. The van der Waals surface area contributed by atoms with Crippen LogP contribution in [0.5, 0.6) is 5.75 Å². The molecule has 0 aliphatic rings. The Labute approximate surface area is 100 Å². The molecular weight excluding hydrogens is 214 g/mol. The molecule has 0 atom stereocenters. The van der Waals surface area contributed by atoms with Crippen molar-refractivity contribution < 1.29 is 4.74 Å². The zero-order valence-electron chi connectivity index (χ0n) is 10.2. The molecule has 2 rings (SSSR count). The fourth-order valence-electron chi connectivity index (χ4n) is 1.85. The summed E-state index contributed by atoms with van der Waals surface area (Å²) in [5, 5.41) is 0. The Morgan fingerprint density at radius 1 is 1.06 bits per heavy atom. The number of aryl methyl sites for hydroxylation is 1. The van der Waals surface area contributed by atoms with Crippen LogP contribution >= 0.6 is 0 Å². The molecule has 0 aliphatic heterocycles. The molecule has 1 aromatic heterocycles.